The van der Waals surface area contributed by atoms with Crippen LogP contribution in [-0.2, 0) is 9.84 Å². The molecule has 18 heavy (non-hydrogen) atoms. The summed E-state index contributed by atoms with van der Waals surface area (Å²) < 4.78 is 36.0. The molecule has 0 bridgehead atoms. The fourth-order valence-corrected chi connectivity index (χ4v) is 2.65. The smallest absolute Gasteiger partial charge is 0.182 e. The third kappa shape index (κ3) is 4.11. The number of sulfone groups is 1. The van der Waals surface area contributed by atoms with Crippen LogP contribution in [0.4, 0.5) is 4.39 Å². The maximum absolute atomic E-state index is 12.3. The zero-order valence-corrected chi connectivity index (χ0v) is 11.0. The SMILES string of the molecule is Cl.N#Cc1cccc(S(=O)(=O)C/C(=C/F)CN)c1. The second-order valence-corrected chi connectivity index (χ2v) is 5.36. The lowest BCUT2D eigenvalue weighted by Crippen LogP contribution is -2.15. The predicted molar refractivity (Wildman–Crippen MR) is 68.7 cm³/mol. The van der Waals surface area contributed by atoms with Gasteiger partial charge in [-0.25, -0.2) is 12.8 Å². The van der Waals surface area contributed by atoms with Crippen molar-refractivity contribution in [1.82, 2.24) is 0 Å². The number of hydrogen-bond donors (Lipinski definition) is 1. The van der Waals surface area contributed by atoms with Gasteiger partial charge in [0.1, 0.15) is 0 Å². The largest absolute Gasteiger partial charge is 0.327 e. The van der Waals surface area contributed by atoms with Crippen molar-refractivity contribution >= 4 is 22.2 Å². The Morgan fingerprint density at radius 2 is 2.17 bits per heavy atom. The van der Waals surface area contributed by atoms with Gasteiger partial charge in [-0.2, -0.15) is 5.26 Å². The van der Waals surface area contributed by atoms with Crippen molar-refractivity contribution in [2.24, 2.45) is 5.73 Å². The van der Waals surface area contributed by atoms with E-state index in [4.69, 9.17) is 11.0 Å². The van der Waals surface area contributed by atoms with Crippen molar-refractivity contribution in [1.29, 1.82) is 5.26 Å². The molecule has 7 heteroatoms. The molecule has 1 aromatic carbocycles. The summed E-state index contributed by atoms with van der Waals surface area (Å²) in [6.07, 6.45) is 0.200. The molecule has 0 aliphatic heterocycles. The first-order valence-electron chi connectivity index (χ1n) is 4.74. The normalized spacial score (nSPS) is 11.5. The molecule has 0 radical (unpaired) electrons. The fourth-order valence-electron chi connectivity index (χ4n) is 1.22. The molecule has 1 rings (SSSR count). The van der Waals surface area contributed by atoms with Crippen LogP contribution in [0.25, 0.3) is 0 Å². The van der Waals surface area contributed by atoms with Crippen molar-refractivity contribution in [3.8, 4) is 6.07 Å². The molecule has 0 fully saturated rings. The van der Waals surface area contributed by atoms with Gasteiger partial charge < -0.3 is 5.73 Å². The molecular formula is C11H12ClFN2O2S. The molecule has 0 atom stereocenters. The highest BCUT2D eigenvalue weighted by molar-refractivity contribution is 7.91. The van der Waals surface area contributed by atoms with Crippen LogP contribution in [0.1, 0.15) is 5.56 Å². The lowest BCUT2D eigenvalue weighted by atomic mass is 10.2. The van der Waals surface area contributed by atoms with Crippen LogP contribution < -0.4 is 5.73 Å². The zero-order valence-electron chi connectivity index (χ0n) is 9.34. The highest BCUT2D eigenvalue weighted by Crippen LogP contribution is 2.15. The molecule has 0 saturated heterocycles. The number of halogens is 2. The highest BCUT2D eigenvalue weighted by atomic mass is 35.5. The molecule has 0 aliphatic carbocycles. The highest BCUT2D eigenvalue weighted by Gasteiger charge is 2.16. The predicted octanol–water partition coefficient (Wildman–Crippen LogP) is 1.57. The van der Waals surface area contributed by atoms with Crippen LogP contribution in [0.2, 0.25) is 0 Å². The van der Waals surface area contributed by atoms with Crippen LogP contribution in [0.5, 0.6) is 0 Å². The monoisotopic (exact) mass is 290 g/mol. The van der Waals surface area contributed by atoms with Gasteiger partial charge >= 0.3 is 0 Å². The number of benzene rings is 1. The first kappa shape index (κ1) is 16.6. The number of hydrogen-bond acceptors (Lipinski definition) is 4. The van der Waals surface area contributed by atoms with Crippen LogP contribution >= 0.6 is 12.4 Å². The minimum atomic E-state index is -3.66. The van der Waals surface area contributed by atoms with E-state index < -0.39 is 15.6 Å². The second kappa shape index (κ2) is 7.11. The van der Waals surface area contributed by atoms with Crippen LogP contribution in [0.3, 0.4) is 0 Å². The molecule has 2 N–H and O–H groups in total. The van der Waals surface area contributed by atoms with E-state index in [1.165, 1.54) is 24.3 Å². The van der Waals surface area contributed by atoms with Crippen LogP contribution in [-0.4, -0.2) is 20.7 Å². The van der Waals surface area contributed by atoms with Gasteiger partial charge in [-0.1, -0.05) is 6.07 Å². The molecule has 0 amide bonds. The Morgan fingerprint density at radius 3 is 2.67 bits per heavy atom. The first-order valence-corrected chi connectivity index (χ1v) is 6.40. The summed E-state index contributed by atoms with van der Waals surface area (Å²) in [7, 11) is -3.66. The van der Waals surface area contributed by atoms with Gasteiger partial charge in [0.25, 0.3) is 0 Å². The van der Waals surface area contributed by atoms with Gasteiger partial charge in [0, 0.05) is 6.54 Å². The first-order chi connectivity index (χ1) is 8.03. The van der Waals surface area contributed by atoms with E-state index in [0.717, 1.165) is 0 Å². The molecule has 0 heterocycles. The summed E-state index contributed by atoms with van der Waals surface area (Å²) in [6.45, 7) is -0.159. The Morgan fingerprint density at radius 1 is 1.50 bits per heavy atom. The van der Waals surface area contributed by atoms with E-state index >= 15 is 0 Å². The van der Waals surface area contributed by atoms with E-state index in [2.05, 4.69) is 0 Å². The molecule has 0 aliphatic rings. The quantitative estimate of drug-likeness (QED) is 0.912. The number of rotatable bonds is 4. The third-order valence-corrected chi connectivity index (χ3v) is 3.84. The van der Waals surface area contributed by atoms with E-state index in [1.54, 1.807) is 0 Å². The standard InChI is InChI=1S/C11H11FN2O2S.ClH/c12-5-10(7-14)8-17(15,16)11-3-1-2-9(4-11)6-13;/h1-5H,7-8,14H2;1H/b10-5+;. The molecule has 0 saturated carbocycles. The van der Waals surface area contributed by atoms with Crippen molar-refractivity contribution in [2.45, 2.75) is 4.90 Å². The Balaban J connectivity index is 0.00000289. The molecule has 0 unspecified atom stereocenters. The summed E-state index contributed by atoms with van der Waals surface area (Å²) in [5.74, 6) is -0.477. The van der Waals surface area contributed by atoms with E-state index in [0.29, 0.717) is 0 Å². The van der Waals surface area contributed by atoms with Crippen molar-refractivity contribution < 1.29 is 12.8 Å². The van der Waals surface area contributed by atoms with Gasteiger partial charge in [-0.05, 0) is 23.8 Å². The Labute approximate surface area is 111 Å². The van der Waals surface area contributed by atoms with E-state index in [9.17, 15) is 12.8 Å². The van der Waals surface area contributed by atoms with Gasteiger partial charge in [-0.3, -0.25) is 0 Å². The minimum absolute atomic E-state index is 0. The van der Waals surface area contributed by atoms with Gasteiger partial charge in [0.15, 0.2) is 9.84 Å². The topological polar surface area (TPSA) is 84.0 Å². The summed E-state index contributed by atoms with van der Waals surface area (Å²) in [4.78, 5) is -0.00986. The fraction of sp³-hybridized carbons (Fsp3) is 0.182. The third-order valence-electron chi connectivity index (χ3n) is 2.11. The van der Waals surface area contributed by atoms with Gasteiger partial charge in [0.2, 0.25) is 0 Å². The maximum Gasteiger partial charge on any atom is 0.182 e. The molecule has 0 spiro atoms. The lowest BCUT2D eigenvalue weighted by molar-refractivity contribution is 0.596. The molecule has 0 aromatic heterocycles. The number of nitriles is 1. The Hall–Kier alpha value is -1.42. The van der Waals surface area contributed by atoms with Crippen molar-refractivity contribution in [2.75, 3.05) is 12.3 Å². The van der Waals surface area contributed by atoms with Crippen molar-refractivity contribution in [3.05, 3.63) is 41.7 Å². The van der Waals surface area contributed by atoms with Crippen LogP contribution in [0, 0.1) is 11.3 Å². The summed E-state index contributed by atoms with van der Waals surface area (Å²) in [5.41, 5.74) is 5.43. The molecule has 4 nitrogen and oxygen atoms in total. The maximum atomic E-state index is 12.3. The molecule has 1 aromatic rings. The van der Waals surface area contributed by atoms with Gasteiger partial charge in [-0.15, -0.1) is 12.4 Å². The zero-order chi connectivity index (χ0) is 12.9. The second-order valence-electron chi connectivity index (χ2n) is 3.37. The average Bonchev–Trinajstić information content (AvgIpc) is 2.36. The Kier molecular flexibility index (Phi) is 6.55. The molecular weight excluding hydrogens is 279 g/mol. The van der Waals surface area contributed by atoms with Crippen LogP contribution in [0.15, 0.2) is 41.1 Å². The number of nitrogens with zero attached hydrogens (tertiary/aromatic N) is 1. The lowest BCUT2D eigenvalue weighted by Gasteiger charge is -2.05. The Bertz CT molecular complexity index is 579. The molecule has 98 valence electrons. The summed E-state index contributed by atoms with van der Waals surface area (Å²) >= 11 is 0. The van der Waals surface area contributed by atoms with Crippen molar-refractivity contribution in [3.63, 3.8) is 0 Å². The van der Waals surface area contributed by atoms with E-state index in [-0.39, 0.29) is 41.3 Å². The van der Waals surface area contributed by atoms with E-state index in [1.807, 2.05) is 6.07 Å². The number of nitrogens with two attached hydrogens (primary N) is 1. The summed E-state index contributed by atoms with van der Waals surface area (Å²) in [6, 6.07) is 7.42. The van der Waals surface area contributed by atoms with Gasteiger partial charge in [0.05, 0.1) is 28.6 Å². The minimum Gasteiger partial charge on any atom is -0.327 e. The average molecular weight is 291 g/mol. The summed E-state index contributed by atoms with van der Waals surface area (Å²) in [5, 5.41) is 8.67.